The van der Waals surface area contributed by atoms with Crippen molar-refractivity contribution in [2.24, 2.45) is 0 Å². The number of carbonyl (C=O) groups excluding carboxylic acids is 2. The van der Waals surface area contributed by atoms with Crippen LogP contribution in [0.25, 0.3) is 0 Å². The highest BCUT2D eigenvalue weighted by molar-refractivity contribution is 6.01. The second kappa shape index (κ2) is 9.15. The van der Waals surface area contributed by atoms with Gasteiger partial charge < -0.3 is 10.1 Å². The van der Waals surface area contributed by atoms with Crippen LogP contribution in [0.15, 0.2) is 60.7 Å². The van der Waals surface area contributed by atoms with Crippen molar-refractivity contribution in [2.75, 3.05) is 18.1 Å². The van der Waals surface area contributed by atoms with E-state index in [0.717, 1.165) is 30.8 Å². The molecule has 0 bridgehead atoms. The van der Waals surface area contributed by atoms with Crippen LogP contribution in [0.1, 0.15) is 25.7 Å². The van der Waals surface area contributed by atoms with Crippen molar-refractivity contribution < 1.29 is 14.3 Å². The summed E-state index contributed by atoms with van der Waals surface area (Å²) in [5, 5.41) is 2.86. The molecule has 1 fully saturated rings. The van der Waals surface area contributed by atoms with E-state index in [-0.39, 0.29) is 30.8 Å². The summed E-state index contributed by atoms with van der Waals surface area (Å²) in [6.45, 7) is 1.29. The molecule has 0 unspecified atom stereocenters. The first-order chi connectivity index (χ1) is 12.7. The maximum absolute atomic E-state index is 12.8. The molecule has 0 spiro atoms. The lowest BCUT2D eigenvalue weighted by Gasteiger charge is -2.23. The second-order valence-electron chi connectivity index (χ2n) is 6.34. The molecule has 0 aromatic heterocycles. The third-order valence-electron chi connectivity index (χ3n) is 4.40. The van der Waals surface area contributed by atoms with E-state index in [2.05, 4.69) is 5.32 Å². The van der Waals surface area contributed by atoms with E-state index in [9.17, 15) is 9.59 Å². The zero-order valence-corrected chi connectivity index (χ0v) is 14.8. The number of nitrogens with one attached hydrogen (secondary N) is 1. The number of ether oxygens (including phenoxy) is 1. The fourth-order valence-corrected chi connectivity index (χ4v) is 3.04. The maximum Gasteiger partial charge on any atom is 0.232 e. The highest BCUT2D eigenvalue weighted by atomic mass is 16.5. The van der Waals surface area contributed by atoms with Gasteiger partial charge >= 0.3 is 0 Å². The standard InChI is InChI=1S/C21H24N2O3/c24-20(22-16-19-12-7-15-26-19)13-14-21(25)23(17-8-3-1-4-9-17)18-10-5-2-6-11-18/h1-6,8-11,19H,7,12-16H2,(H,22,24)/t19-/m0/s1. The van der Waals surface area contributed by atoms with Gasteiger partial charge in [-0.1, -0.05) is 36.4 Å². The molecule has 0 saturated carbocycles. The molecule has 0 aliphatic carbocycles. The van der Waals surface area contributed by atoms with E-state index in [1.54, 1.807) is 4.90 Å². The molecule has 2 aromatic carbocycles. The molecule has 3 rings (SSSR count). The number of hydrogen-bond acceptors (Lipinski definition) is 3. The van der Waals surface area contributed by atoms with Crippen molar-refractivity contribution in [3.05, 3.63) is 60.7 Å². The van der Waals surface area contributed by atoms with Crippen molar-refractivity contribution in [2.45, 2.75) is 31.8 Å². The molecule has 136 valence electrons. The minimum Gasteiger partial charge on any atom is -0.376 e. The fraction of sp³-hybridized carbons (Fsp3) is 0.333. The molecule has 1 saturated heterocycles. The van der Waals surface area contributed by atoms with E-state index < -0.39 is 0 Å². The van der Waals surface area contributed by atoms with Gasteiger partial charge in [-0.3, -0.25) is 14.5 Å². The zero-order chi connectivity index (χ0) is 18.2. The highest BCUT2D eigenvalue weighted by Gasteiger charge is 2.20. The SMILES string of the molecule is O=C(CCC(=O)N(c1ccccc1)c1ccccc1)NC[C@@H]1CCCO1. The van der Waals surface area contributed by atoms with Crippen LogP contribution in [0.2, 0.25) is 0 Å². The predicted molar refractivity (Wildman–Crippen MR) is 101 cm³/mol. The number of carbonyl (C=O) groups is 2. The third-order valence-corrected chi connectivity index (χ3v) is 4.40. The summed E-state index contributed by atoms with van der Waals surface area (Å²) in [5.74, 6) is -0.218. The molecule has 0 radical (unpaired) electrons. The molecule has 1 aliphatic rings. The van der Waals surface area contributed by atoms with Crippen molar-refractivity contribution in [3.8, 4) is 0 Å². The van der Waals surface area contributed by atoms with Gasteiger partial charge in [-0.15, -0.1) is 0 Å². The Bertz CT molecular complexity index is 673. The Morgan fingerprint density at radius 1 is 0.962 bits per heavy atom. The largest absolute Gasteiger partial charge is 0.376 e. The number of para-hydroxylation sites is 2. The number of amides is 2. The lowest BCUT2D eigenvalue weighted by Crippen LogP contribution is -2.33. The van der Waals surface area contributed by atoms with E-state index in [0.29, 0.717) is 6.54 Å². The average Bonchev–Trinajstić information content (AvgIpc) is 3.20. The van der Waals surface area contributed by atoms with Crippen LogP contribution in [0.3, 0.4) is 0 Å². The smallest absolute Gasteiger partial charge is 0.232 e. The van der Waals surface area contributed by atoms with E-state index >= 15 is 0 Å². The van der Waals surface area contributed by atoms with Crippen molar-refractivity contribution in [3.63, 3.8) is 0 Å². The summed E-state index contributed by atoms with van der Waals surface area (Å²) in [4.78, 5) is 26.6. The minimum atomic E-state index is -0.116. The van der Waals surface area contributed by atoms with E-state index in [1.165, 1.54) is 0 Å². The van der Waals surface area contributed by atoms with Crippen LogP contribution < -0.4 is 10.2 Å². The first-order valence-electron chi connectivity index (χ1n) is 9.05. The Morgan fingerprint density at radius 2 is 1.58 bits per heavy atom. The zero-order valence-electron chi connectivity index (χ0n) is 14.8. The quantitative estimate of drug-likeness (QED) is 0.830. The average molecular weight is 352 g/mol. The molecule has 2 aromatic rings. The van der Waals surface area contributed by atoms with Crippen LogP contribution in [0.5, 0.6) is 0 Å². The lowest BCUT2D eigenvalue weighted by atomic mass is 10.2. The van der Waals surface area contributed by atoms with Crippen molar-refractivity contribution >= 4 is 23.2 Å². The molecule has 1 atom stereocenters. The summed E-state index contributed by atoms with van der Waals surface area (Å²) in [5.41, 5.74) is 1.59. The molecular weight excluding hydrogens is 328 g/mol. The van der Waals surface area contributed by atoms with Crippen molar-refractivity contribution in [1.82, 2.24) is 5.32 Å². The molecular formula is C21H24N2O3. The number of hydrogen-bond donors (Lipinski definition) is 1. The van der Waals surface area contributed by atoms with Crippen LogP contribution in [0.4, 0.5) is 11.4 Å². The number of anilines is 2. The molecule has 1 aliphatic heterocycles. The summed E-state index contributed by atoms with van der Waals surface area (Å²) >= 11 is 0. The molecule has 26 heavy (non-hydrogen) atoms. The van der Waals surface area contributed by atoms with Gasteiger partial charge in [0, 0.05) is 37.4 Å². The Labute approximate surface area is 154 Å². The van der Waals surface area contributed by atoms with Crippen LogP contribution in [-0.4, -0.2) is 31.1 Å². The number of rotatable bonds is 7. The minimum absolute atomic E-state index is 0.102. The molecule has 5 heteroatoms. The van der Waals surface area contributed by atoms with Gasteiger partial charge in [0.25, 0.3) is 0 Å². The topological polar surface area (TPSA) is 58.6 Å². The Hall–Kier alpha value is -2.66. The molecule has 1 heterocycles. The van der Waals surface area contributed by atoms with Gasteiger partial charge in [-0.05, 0) is 37.1 Å². The monoisotopic (exact) mass is 352 g/mol. The Morgan fingerprint density at radius 3 is 2.12 bits per heavy atom. The predicted octanol–water partition coefficient (Wildman–Crippen LogP) is 3.43. The fourth-order valence-electron chi connectivity index (χ4n) is 3.04. The van der Waals surface area contributed by atoms with Gasteiger partial charge in [-0.25, -0.2) is 0 Å². The normalized spacial score (nSPS) is 16.2. The van der Waals surface area contributed by atoms with Crippen molar-refractivity contribution in [1.29, 1.82) is 0 Å². The van der Waals surface area contributed by atoms with Crippen LogP contribution in [-0.2, 0) is 14.3 Å². The van der Waals surface area contributed by atoms with E-state index in [1.807, 2.05) is 60.7 Å². The molecule has 5 nitrogen and oxygen atoms in total. The lowest BCUT2D eigenvalue weighted by molar-refractivity contribution is -0.125. The Kier molecular flexibility index (Phi) is 6.39. The summed E-state index contributed by atoms with van der Waals surface area (Å²) in [6.07, 6.45) is 2.46. The van der Waals surface area contributed by atoms with E-state index in [4.69, 9.17) is 4.74 Å². The van der Waals surface area contributed by atoms with Gasteiger partial charge in [-0.2, -0.15) is 0 Å². The van der Waals surface area contributed by atoms with Crippen LogP contribution in [0, 0.1) is 0 Å². The number of benzene rings is 2. The van der Waals surface area contributed by atoms with Gasteiger partial charge in [0.1, 0.15) is 0 Å². The number of nitrogens with zero attached hydrogens (tertiary/aromatic N) is 1. The van der Waals surface area contributed by atoms with Gasteiger partial charge in [0.05, 0.1) is 6.10 Å². The van der Waals surface area contributed by atoms with Gasteiger partial charge in [0.15, 0.2) is 0 Å². The molecule has 1 N–H and O–H groups in total. The summed E-state index contributed by atoms with van der Waals surface area (Å²) in [7, 11) is 0. The highest BCUT2D eigenvalue weighted by Crippen LogP contribution is 2.26. The Balaban J connectivity index is 1.60. The van der Waals surface area contributed by atoms with Crippen LogP contribution >= 0.6 is 0 Å². The molecule has 2 amide bonds. The first kappa shape index (κ1) is 18.1. The summed E-state index contributed by atoms with van der Waals surface area (Å²) in [6, 6.07) is 19.0. The van der Waals surface area contributed by atoms with Gasteiger partial charge in [0.2, 0.25) is 11.8 Å². The summed E-state index contributed by atoms with van der Waals surface area (Å²) < 4.78 is 5.49. The third kappa shape index (κ3) is 4.92. The maximum atomic E-state index is 12.8. The second-order valence-corrected chi connectivity index (χ2v) is 6.34. The first-order valence-corrected chi connectivity index (χ1v) is 9.05.